The molecule has 0 spiro atoms. The zero-order chi connectivity index (χ0) is 40.1. The van der Waals surface area contributed by atoms with E-state index in [4.69, 9.17) is 4.74 Å². The summed E-state index contributed by atoms with van der Waals surface area (Å²) in [5.41, 5.74) is 1.42. The van der Waals surface area contributed by atoms with Crippen molar-refractivity contribution in [3.05, 3.63) is 67.6 Å². The first kappa shape index (κ1) is 41.9. The molecule has 0 aliphatic carbocycles. The Kier molecular flexibility index (Phi) is 13.8. The zero-order valence-corrected chi connectivity index (χ0v) is 35.5. The van der Waals surface area contributed by atoms with Gasteiger partial charge in [-0.25, -0.2) is 0 Å². The minimum Gasteiger partial charge on any atom is -0.463 e. The minimum absolute atomic E-state index is 0.0388. The molecule has 5 aromatic rings. The molecule has 0 heterocycles. The summed E-state index contributed by atoms with van der Waals surface area (Å²) in [6, 6.07) is 10.2. The lowest BCUT2D eigenvalue weighted by Crippen LogP contribution is -2.41. The van der Waals surface area contributed by atoms with Gasteiger partial charge in [0.25, 0.3) is 11.8 Å². The molecule has 0 radical (unpaired) electrons. The number of nitrogens with zero attached hydrogens (tertiary/aromatic N) is 2. The summed E-state index contributed by atoms with van der Waals surface area (Å²) < 4.78 is 6.74. The maximum absolute atomic E-state index is 14.6. The lowest BCUT2D eigenvalue weighted by Gasteiger charge is -2.30. The number of halogens is 2. The van der Waals surface area contributed by atoms with Gasteiger partial charge in [0, 0.05) is 90.6 Å². The molecule has 5 rings (SSSR count). The highest BCUT2D eigenvalue weighted by atomic mass is 79.9. The van der Waals surface area contributed by atoms with Crippen molar-refractivity contribution in [3.63, 3.8) is 0 Å². The second kappa shape index (κ2) is 18.2. The second-order valence-electron chi connectivity index (χ2n) is 14.9. The van der Waals surface area contributed by atoms with Gasteiger partial charge in [0.15, 0.2) is 12.6 Å². The molecule has 0 saturated carbocycles. The van der Waals surface area contributed by atoms with Gasteiger partial charge in [-0.3, -0.25) is 24.0 Å². The summed E-state index contributed by atoms with van der Waals surface area (Å²) in [4.78, 5) is 80.7. The van der Waals surface area contributed by atoms with Gasteiger partial charge in [-0.15, -0.1) is 0 Å². The van der Waals surface area contributed by atoms with Crippen LogP contribution in [0.25, 0.3) is 43.1 Å². The lowest BCUT2D eigenvalue weighted by atomic mass is 9.84. The van der Waals surface area contributed by atoms with Gasteiger partial charge in [0.1, 0.15) is 12.9 Å². The van der Waals surface area contributed by atoms with Crippen molar-refractivity contribution in [2.45, 2.75) is 78.7 Å². The average Bonchev–Trinajstić information content (AvgIpc) is 3.18. The smallest absolute Gasteiger partial charge is 0.306 e. The topological polar surface area (TPSA) is 118 Å². The minimum atomic E-state index is -0.515. The first-order valence-corrected chi connectivity index (χ1v) is 20.5. The Morgan fingerprint density at radius 2 is 1.40 bits per heavy atom. The number of unbranched alkanes of at least 4 members (excludes halogenated alkanes) is 1. The van der Waals surface area contributed by atoms with Crippen LogP contribution in [0.1, 0.15) is 114 Å². The largest absolute Gasteiger partial charge is 0.463 e. The number of hydrogen-bond donors (Lipinski definition) is 0. The maximum atomic E-state index is 14.6. The van der Waals surface area contributed by atoms with E-state index in [1.807, 2.05) is 33.0 Å². The molecular weight excluding hydrogens is 828 g/mol. The van der Waals surface area contributed by atoms with E-state index in [1.165, 1.54) is 0 Å². The van der Waals surface area contributed by atoms with Crippen molar-refractivity contribution >= 4 is 112 Å². The maximum Gasteiger partial charge on any atom is 0.306 e. The van der Waals surface area contributed by atoms with Crippen LogP contribution in [0.15, 0.2) is 45.3 Å². The van der Waals surface area contributed by atoms with E-state index in [2.05, 4.69) is 45.7 Å². The second-order valence-corrected chi connectivity index (χ2v) is 16.6. The standard InChI is InChI=1S/C44H48Br2N2O7/c1-7-9-11-26(8-2)21-47(5)43(53)32-16-15-31-40-35(46)20-33(44(54)48(6)29(18-25(3)4)24-55-36(52)12-10-17-49)37-27(22-50)13-14-30(41(37)40)39-34(45)19-28(23-51)38(32)42(31)39/h13-17,19-20,22-23,25-26,29H,7-12,18,21,24H2,1-6H3. The number of esters is 1. The van der Waals surface area contributed by atoms with Crippen LogP contribution in [0.5, 0.6) is 0 Å². The van der Waals surface area contributed by atoms with Crippen LogP contribution < -0.4 is 0 Å². The van der Waals surface area contributed by atoms with Gasteiger partial charge in [-0.1, -0.05) is 97.0 Å². The Hall–Kier alpha value is -4.22. The van der Waals surface area contributed by atoms with Gasteiger partial charge in [-0.05, 0) is 53.6 Å². The highest BCUT2D eigenvalue weighted by Gasteiger charge is 2.30. The van der Waals surface area contributed by atoms with E-state index < -0.39 is 12.0 Å². The Balaban J connectivity index is 1.74. The molecule has 5 aromatic carbocycles. The summed E-state index contributed by atoms with van der Waals surface area (Å²) >= 11 is 7.55. The summed E-state index contributed by atoms with van der Waals surface area (Å²) in [6.45, 7) is 8.90. The van der Waals surface area contributed by atoms with Gasteiger partial charge in [0.2, 0.25) is 0 Å². The number of fused-ring (bicyclic) bond motifs is 2. The number of likely N-dealkylation sites (N-methyl/N-ethyl adjacent to an activating group) is 1. The molecular formula is C44H48Br2N2O7. The Morgan fingerprint density at radius 3 is 1.98 bits per heavy atom. The Morgan fingerprint density at radius 1 is 0.782 bits per heavy atom. The number of hydrogen-bond acceptors (Lipinski definition) is 7. The van der Waals surface area contributed by atoms with Crippen molar-refractivity contribution < 1.29 is 33.5 Å². The predicted molar refractivity (Wildman–Crippen MR) is 226 cm³/mol. The van der Waals surface area contributed by atoms with Gasteiger partial charge in [-0.2, -0.15) is 0 Å². The normalized spacial score (nSPS) is 12.7. The van der Waals surface area contributed by atoms with Gasteiger partial charge in [0.05, 0.1) is 12.5 Å². The monoisotopic (exact) mass is 874 g/mol. The van der Waals surface area contributed by atoms with Crippen molar-refractivity contribution in [3.8, 4) is 0 Å². The number of ether oxygens (including phenoxy) is 1. The Bertz CT molecular complexity index is 2280. The first-order chi connectivity index (χ1) is 26.3. The first-order valence-electron chi connectivity index (χ1n) is 18.9. The van der Waals surface area contributed by atoms with E-state index in [1.54, 1.807) is 41.1 Å². The number of carbonyl (C=O) groups excluding carboxylic acids is 6. The molecule has 2 atom stereocenters. The average molecular weight is 877 g/mol. The molecule has 290 valence electrons. The Labute approximate surface area is 338 Å². The van der Waals surface area contributed by atoms with Crippen molar-refractivity contribution in [1.82, 2.24) is 9.80 Å². The highest BCUT2D eigenvalue weighted by molar-refractivity contribution is 9.11. The molecule has 0 N–H and O–H groups in total. The number of aldehydes is 3. The fraction of sp³-hybridized carbons (Fsp3) is 0.409. The van der Waals surface area contributed by atoms with Gasteiger partial charge >= 0.3 is 5.97 Å². The fourth-order valence-corrected chi connectivity index (χ4v) is 9.17. The molecule has 0 aliphatic rings. The molecule has 55 heavy (non-hydrogen) atoms. The van der Waals surface area contributed by atoms with E-state index in [0.29, 0.717) is 72.5 Å². The van der Waals surface area contributed by atoms with Crippen LogP contribution in [0.2, 0.25) is 0 Å². The van der Waals surface area contributed by atoms with Crippen LogP contribution in [0.4, 0.5) is 0 Å². The molecule has 0 fully saturated rings. The summed E-state index contributed by atoms with van der Waals surface area (Å²) in [5, 5.41) is 5.41. The number of benzene rings is 5. The summed E-state index contributed by atoms with van der Waals surface area (Å²) in [6.07, 6.45) is 6.92. The van der Waals surface area contributed by atoms with Crippen LogP contribution >= 0.6 is 31.9 Å². The van der Waals surface area contributed by atoms with Crippen LogP contribution in [0.3, 0.4) is 0 Å². The third-order valence-electron chi connectivity index (χ3n) is 10.7. The fourth-order valence-electron chi connectivity index (χ4n) is 7.87. The number of rotatable bonds is 18. The van der Waals surface area contributed by atoms with Crippen molar-refractivity contribution in [2.24, 2.45) is 11.8 Å². The molecule has 2 unspecified atom stereocenters. The van der Waals surface area contributed by atoms with E-state index in [-0.39, 0.29) is 37.2 Å². The van der Waals surface area contributed by atoms with E-state index in [0.717, 1.165) is 65.2 Å². The molecule has 0 saturated heterocycles. The highest BCUT2D eigenvalue weighted by Crippen LogP contribution is 2.48. The van der Waals surface area contributed by atoms with Crippen molar-refractivity contribution in [1.29, 1.82) is 0 Å². The molecule has 11 heteroatoms. The summed E-state index contributed by atoms with van der Waals surface area (Å²) in [7, 11) is 3.48. The predicted octanol–water partition coefficient (Wildman–Crippen LogP) is 10.2. The zero-order valence-electron chi connectivity index (χ0n) is 32.3. The summed E-state index contributed by atoms with van der Waals surface area (Å²) in [5.74, 6) is -0.515. The lowest BCUT2D eigenvalue weighted by molar-refractivity contribution is -0.145. The quantitative estimate of drug-likeness (QED) is 0.0372. The van der Waals surface area contributed by atoms with Crippen LogP contribution in [0, 0.1) is 11.8 Å². The van der Waals surface area contributed by atoms with Crippen molar-refractivity contribution in [2.75, 3.05) is 27.2 Å². The SMILES string of the molecule is CCCCC(CC)CN(C)C(=O)c1ccc2c3c(Br)cc(C(=O)N(C)C(COC(=O)CCC=O)CC(C)C)c4c(C=O)ccc(c5c(Br)cc(C=O)c1c25)c43. The number of carbonyl (C=O) groups is 6. The molecule has 9 nitrogen and oxygen atoms in total. The van der Waals surface area contributed by atoms with E-state index in [9.17, 15) is 28.8 Å². The van der Waals surface area contributed by atoms with E-state index >= 15 is 0 Å². The molecule has 0 aromatic heterocycles. The molecule has 0 bridgehead atoms. The molecule has 2 amide bonds. The third kappa shape index (κ3) is 8.33. The van der Waals surface area contributed by atoms with Crippen LogP contribution in [-0.4, -0.2) is 79.7 Å². The van der Waals surface area contributed by atoms with Gasteiger partial charge < -0.3 is 19.3 Å². The molecule has 0 aliphatic heterocycles. The third-order valence-corrected chi connectivity index (χ3v) is 12.0. The number of amides is 2. The van der Waals surface area contributed by atoms with Crippen LogP contribution in [-0.2, 0) is 14.3 Å².